The molecule has 0 aromatic heterocycles. The SMILES string of the molecule is CCCNCC(c1ccccc1C)C(C)CCOC. The van der Waals surface area contributed by atoms with E-state index in [1.54, 1.807) is 7.11 Å². The molecule has 0 radical (unpaired) electrons. The normalized spacial score (nSPS) is 14.3. The molecule has 0 heterocycles. The number of nitrogens with one attached hydrogen (secondary N) is 1. The summed E-state index contributed by atoms with van der Waals surface area (Å²) >= 11 is 0. The molecular formula is C17H29NO. The molecule has 108 valence electrons. The lowest BCUT2D eigenvalue weighted by molar-refractivity contribution is 0.173. The second kappa shape index (κ2) is 9.11. The van der Waals surface area contributed by atoms with Gasteiger partial charge in [-0.1, -0.05) is 38.1 Å². The van der Waals surface area contributed by atoms with E-state index < -0.39 is 0 Å². The van der Waals surface area contributed by atoms with Gasteiger partial charge in [-0.05, 0) is 49.3 Å². The minimum atomic E-state index is 0.572. The molecule has 0 spiro atoms. The van der Waals surface area contributed by atoms with Gasteiger partial charge >= 0.3 is 0 Å². The van der Waals surface area contributed by atoms with E-state index in [1.165, 1.54) is 17.5 Å². The quantitative estimate of drug-likeness (QED) is 0.685. The van der Waals surface area contributed by atoms with Crippen molar-refractivity contribution in [2.75, 3.05) is 26.8 Å². The van der Waals surface area contributed by atoms with Crippen molar-refractivity contribution >= 4 is 0 Å². The number of hydrogen-bond donors (Lipinski definition) is 1. The zero-order valence-corrected chi connectivity index (χ0v) is 12.9. The Morgan fingerprint density at radius 3 is 2.63 bits per heavy atom. The summed E-state index contributed by atoms with van der Waals surface area (Å²) < 4.78 is 5.23. The van der Waals surface area contributed by atoms with E-state index in [-0.39, 0.29) is 0 Å². The molecule has 1 aromatic rings. The lowest BCUT2D eigenvalue weighted by Gasteiger charge is -2.26. The Balaban J connectivity index is 2.76. The fourth-order valence-corrected chi connectivity index (χ4v) is 2.56. The molecule has 1 rings (SSSR count). The van der Waals surface area contributed by atoms with Gasteiger partial charge in [-0.2, -0.15) is 0 Å². The molecule has 0 aliphatic rings. The van der Waals surface area contributed by atoms with Gasteiger partial charge in [0, 0.05) is 20.3 Å². The molecule has 0 aliphatic carbocycles. The number of aryl methyl sites for hydroxylation is 1. The van der Waals surface area contributed by atoms with Gasteiger partial charge in [0.1, 0.15) is 0 Å². The van der Waals surface area contributed by atoms with E-state index in [2.05, 4.69) is 50.4 Å². The lowest BCUT2D eigenvalue weighted by Crippen LogP contribution is -2.27. The van der Waals surface area contributed by atoms with Crippen LogP contribution in [-0.4, -0.2) is 26.8 Å². The van der Waals surface area contributed by atoms with Crippen LogP contribution >= 0.6 is 0 Å². The fraction of sp³-hybridized carbons (Fsp3) is 0.647. The molecule has 0 saturated heterocycles. The summed E-state index contributed by atoms with van der Waals surface area (Å²) in [5, 5.41) is 3.58. The van der Waals surface area contributed by atoms with E-state index in [0.29, 0.717) is 11.8 Å². The lowest BCUT2D eigenvalue weighted by atomic mass is 9.83. The Morgan fingerprint density at radius 1 is 1.26 bits per heavy atom. The molecule has 0 bridgehead atoms. The van der Waals surface area contributed by atoms with Gasteiger partial charge in [-0.25, -0.2) is 0 Å². The van der Waals surface area contributed by atoms with Gasteiger partial charge < -0.3 is 10.1 Å². The number of rotatable bonds is 9. The second-order valence-corrected chi connectivity index (χ2v) is 5.43. The molecule has 19 heavy (non-hydrogen) atoms. The first-order valence-corrected chi connectivity index (χ1v) is 7.45. The van der Waals surface area contributed by atoms with Gasteiger partial charge in [0.15, 0.2) is 0 Å². The topological polar surface area (TPSA) is 21.3 Å². The van der Waals surface area contributed by atoms with Crippen LogP contribution in [0.3, 0.4) is 0 Å². The Labute approximate surface area is 118 Å². The number of methoxy groups -OCH3 is 1. The predicted molar refractivity (Wildman–Crippen MR) is 82.7 cm³/mol. The van der Waals surface area contributed by atoms with Crippen molar-refractivity contribution in [2.24, 2.45) is 5.92 Å². The molecule has 0 saturated carbocycles. The Kier molecular flexibility index (Phi) is 7.76. The zero-order valence-electron chi connectivity index (χ0n) is 12.9. The highest BCUT2D eigenvalue weighted by atomic mass is 16.5. The molecule has 2 nitrogen and oxygen atoms in total. The summed E-state index contributed by atoms with van der Waals surface area (Å²) in [4.78, 5) is 0. The second-order valence-electron chi connectivity index (χ2n) is 5.43. The minimum Gasteiger partial charge on any atom is -0.385 e. The van der Waals surface area contributed by atoms with E-state index in [0.717, 1.165) is 26.1 Å². The smallest absolute Gasteiger partial charge is 0.0465 e. The molecule has 1 N–H and O–H groups in total. The Morgan fingerprint density at radius 2 is 2.00 bits per heavy atom. The van der Waals surface area contributed by atoms with Crippen LogP contribution in [0.1, 0.15) is 43.7 Å². The van der Waals surface area contributed by atoms with E-state index in [9.17, 15) is 0 Å². The predicted octanol–water partition coefficient (Wildman–Crippen LogP) is 3.75. The summed E-state index contributed by atoms with van der Waals surface area (Å²) in [7, 11) is 1.78. The van der Waals surface area contributed by atoms with Crippen molar-refractivity contribution in [3.63, 3.8) is 0 Å². The highest BCUT2D eigenvalue weighted by Crippen LogP contribution is 2.28. The number of hydrogen-bond acceptors (Lipinski definition) is 2. The van der Waals surface area contributed by atoms with Crippen molar-refractivity contribution < 1.29 is 4.74 Å². The molecule has 0 fully saturated rings. The van der Waals surface area contributed by atoms with Crippen LogP contribution in [0.5, 0.6) is 0 Å². The maximum atomic E-state index is 5.23. The maximum absolute atomic E-state index is 5.23. The Bertz CT molecular complexity index is 351. The van der Waals surface area contributed by atoms with Crippen LogP contribution in [-0.2, 0) is 4.74 Å². The highest BCUT2D eigenvalue weighted by Gasteiger charge is 2.20. The van der Waals surface area contributed by atoms with Crippen LogP contribution in [0.25, 0.3) is 0 Å². The highest BCUT2D eigenvalue weighted by molar-refractivity contribution is 5.30. The first kappa shape index (κ1) is 16.2. The summed E-state index contributed by atoms with van der Waals surface area (Å²) in [6, 6.07) is 8.76. The van der Waals surface area contributed by atoms with Crippen molar-refractivity contribution in [1.82, 2.24) is 5.32 Å². The van der Waals surface area contributed by atoms with Gasteiger partial charge in [-0.15, -0.1) is 0 Å². The van der Waals surface area contributed by atoms with Gasteiger partial charge in [0.05, 0.1) is 0 Å². The average Bonchev–Trinajstić information content (AvgIpc) is 2.42. The van der Waals surface area contributed by atoms with Crippen molar-refractivity contribution in [3.8, 4) is 0 Å². The van der Waals surface area contributed by atoms with Gasteiger partial charge in [0.2, 0.25) is 0 Å². The summed E-state index contributed by atoms with van der Waals surface area (Å²) in [6.45, 7) is 9.76. The number of benzene rings is 1. The minimum absolute atomic E-state index is 0.572. The van der Waals surface area contributed by atoms with Crippen molar-refractivity contribution in [2.45, 2.75) is 39.5 Å². The molecule has 0 amide bonds. The standard InChI is InChI=1S/C17H29NO/c1-5-11-18-13-17(15(3)10-12-19-4)16-9-7-6-8-14(16)2/h6-9,15,17-18H,5,10-13H2,1-4H3. The molecular weight excluding hydrogens is 234 g/mol. The zero-order chi connectivity index (χ0) is 14.1. The van der Waals surface area contributed by atoms with Crippen molar-refractivity contribution in [3.05, 3.63) is 35.4 Å². The van der Waals surface area contributed by atoms with Gasteiger partial charge in [0.25, 0.3) is 0 Å². The Hall–Kier alpha value is -0.860. The summed E-state index contributed by atoms with van der Waals surface area (Å²) in [5.41, 5.74) is 2.88. The first-order chi connectivity index (χ1) is 9.20. The maximum Gasteiger partial charge on any atom is 0.0465 e. The molecule has 2 atom stereocenters. The third-order valence-corrected chi connectivity index (χ3v) is 3.84. The van der Waals surface area contributed by atoms with Crippen LogP contribution < -0.4 is 5.32 Å². The monoisotopic (exact) mass is 263 g/mol. The van der Waals surface area contributed by atoms with Gasteiger partial charge in [-0.3, -0.25) is 0 Å². The third kappa shape index (κ3) is 5.33. The molecule has 0 aliphatic heterocycles. The summed E-state index contributed by atoms with van der Waals surface area (Å²) in [5.74, 6) is 1.20. The third-order valence-electron chi connectivity index (χ3n) is 3.84. The van der Waals surface area contributed by atoms with Crippen molar-refractivity contribution in [1.29, 1.82) is 0 Å². The molecule has 1 aromatic carbocycles. The van der Waals surface area contributed by atoms with Crippen LogP contribution in [0.15, 0.2) is 24.3 Å². The van der Waals surface area contributed by atoms with Crippen LogP contribution in [0.2, 0.25) is 0 Å². The first-order valence-electron chi connectivity index (χ1n) is 7.45. The van der Waals surface area contributed by atoms with Crippen LogP contribution in [0, 0.1) is 12.8 Å². The molecule has 2 heteroatoms. The average molecular weight is 263 g/mol. The van der Waals surface area contributed by atoms with Crippen LogP contribution in [0.4, 0.5) is 0 Å². The largest absolute Gasteiger partial charge is 0.385 e. The van der Waals surface area contributed by atoms with E-state index >= 15 is 0 Å². The molecule has 2 unspecified atom stereocenters. The fourth-order valence-electron chi connectivity index (χ4n) is 2.56. The van der Waals surface area contributed by atoms with E-state index in [1.807, 2.05) is 0 Å². The number of ether oxygens (including phenoxy) is 1. The van der Waals surface area contributed by atoms with E-state index in [4.69, 9.17) is 4.74 Å². The summed E-state index contributed by atoms with van der Waals surface area (Å²) in [6.07, 6.45) is 2.30.